The summed E-state index contributed by atoms with van der Waals surface area (Å²) < 4.78 is 0. The molecule has 0 bridgehead atoms. The maximum absolute atomic E-state index is 10.5. The Morgan fingerprint density at radius 3 is 2.78 bits per heavy atom. The fourth-order valence-corrected chi connectivity index (χ4v) is 0.434. The van der Waals surface area contributed by atoms with Crippen LogP contribution in [-0.4, -0.2) is 25.1 Å². The third-order valence-electron chi connectivity index (χ3n) is 1.12. The molecule has 0 radical (unpaired) electrons. The number of carbonyl (C=O) groups is 1. The van der Waals surface area contributed by atoms with E-state index in [1.165, 1.54) is 6.92 Å². The predicted octanol–water partition coefficient (Wildman–Crippen LogP) is -0.00660. The van der Waals surface area contributed by atoms with E-state index in [0.717, 1.165) is 0 Å². The van der Waals surface area contributed by atoms with Gasteiger partial charge < -0.3 is 10.7 Å². The van der Waals surface area contributed by atoms with Gasteiger partial charge in [-0.2, -0.15) is 0 Å². The van der Waals surface area contributed by atoms with Gasteiger partial charge in [0, 0.05) is 6.54 Å². The van der Waals surface area contributed by atoms with Crippen molar-refractivity contribution in [3.05, 3.63) is 0 Å². The van der Waals surface area contributed by atoms with E-state index < -0.39 is 0 Å². The number of nitrogens with zero attached hydrogens (tertiary/aromatic N) is 1. The average molecular weight is 128 g/mol. The predicted molar refractivity (Wildman–Crippen MR) is 37.7 cm³/mol. The molecule has 9 heavy (non-hydrogen) atoms. The smallest absolute Gasteiger partial charge is 0.146 e. The van der Waals surface area contributed by atoms with Gasteiger partial charge in [0.25, 0.3) is 0 Å². The van der Waals surface area contributed by atoms with E-state index in [1.54, 1.807) is 0 Å². The molecule has 0 aromatic heterocycles. The third-order valence-corrected chi connectivity index (χ3v) is 1.12. The highest BCUT2D eigenvalue weighted by molar-refractivity contribution is 5.81. The molecule has 0 saturated heterocycles. The zero-order valence-corrected chi connectivity index (χ0v) is 5.63. The number of rotatable bonds is 4. The summed E-state index contributed by atoms with van der Waals surface area (Å²) in [7, 11) is 0. The fraction of sp³-hybridized carbons (Fsp3) is 0.667. The van der Waals surface area contributed by atoms with Crippen molar-refractivity contribution in [1.29, 1.82) is 0 Å². The largest absolute Gasteiger partial charge is 0.321 e. The van der Waals surface area contributed by atoms with Crippen molar-refractivity contribution < 1.29 is 4.79 Å². The quantitative estimate of drug-likeness (QED) is 0.541. The molecule has 0 fully saturated rings. The Hall–Kier alpha value is -0.700. The number of ketones is 1. The summed E-state index contributed by atoms with van der Waals surface area (Å²) in [5.74, 6) is 0.0126. The van der Waals surface area contributed by atoms with Crippen LogP contribution in [0.2, 0.25) is 0 Å². The van der Waals surface area contributed by atoms with Gasteiger partial charge in [-0.3, -0.25) is 4.79 Å². The number of hydrogen-bond acceptors (Lipinski definition) is 3. The van der Waals surface area contributed by atoms with Crippen LogP contribution in [0.25, 0.3) is 0 Å². The normalized spacial score (nSPS) is 12.7. The van der Waals surface area contributed by atoms with Crippen molar-refractivity contribution in [2.24, 2.45) is 10.7 Å². The van der Waals surface area contributed by atoms with Crippen LogP contribution in [0.4, 0.5) is 0 Å². The van der Waals surface area contributed by atoms with Gasteiger partial charge in [0.15, 0.2) is 0 Å². The molecule has 1 atom stereocenters. The van der Waals surface area contributed by atoms with Gasteiger partial charge in [0.2, 0.25) is 0 Å². The van der Waals surface area contributed by atoms with E-state index in [-0.39, 0.29) is 11.8 Å². The summed E-state index contributed by atoms with van der Waals surface area (Å²) in [5.41, 5.74) is 5.37. The van der Waals surface area contributed by atoms with Crippen LogP contribution < -0.4 is 5.73 Å². The van der Waals surface area contributed by atoms with Crippen LogP contribution in [0.3, 0.4) is 0 Å². The second-order valence-electron chi connectivity index (χ2n) is 1.95. The Kier molecular flexibility index (Phi) is 3.88. The molecule has 0 heterocycles. The van der Waals surface area contributed by atoms with Gasteiger partial charge in [-0.05, 0) is 20.1 Å². The number of aliphatic imine (C=N–C) groups is 1. The van der Waals surface area contributed by atoms with Crippen molar-refractivity contribution in [3.63, 3.8) is 0 Å². The molecule has 2 N–H and O–H groups in total. The highest BCUT2D eigenvalue weighted by Gasteiger charge is 2.05. The number of nitrogens with two attached hydrogens (primary N) is 1. The van der Waals surface area contributed by atoms with E-state index >= 15 is 0 Å². The lowest BCUT2D eigenvalue weighted by Crippen LogP contribution is -2.28. The topological polar surface area (TPSA) is 55.4 Å². The second-order valence-corrected chi connectivity index (χ2v) is 1.95. The van der Waals surface area contributed by atoms with E-state index in [2.05, 4.69) is 11.7 Å². The first-order valence-corrected chi connectivity index (χ1v) is 2.87. The molecule has 0 amide bonds. The van der Waals surface area contributed by atoms with Gasteiger partial charge in [-0.25, -0.2) is 0 Å². The summed E-state index contributed by atoms with van der Waals surface area (Å²) in [4.78, 5) is 14.0. The summed E-state index contributed by atoms with van der Waals surface area (Å²) in [5, 5.41) is 0. The van der Waals surface area contributed by atoms with Crippen LogP contribution in [0, 0.1) is 0 Å². The number of Topliss-reactive ketones (excluding diaryl/α,β-unsaturated/α-hetero) is 1. The Labute approximate surface area is 55.0 Å². The molecule has 3 heteroatoms. The van der Waals surface area contributed by atoms with Gasteiger partial charge in [-0.1, -0.05) is 0 Å². The van der Waals surface area contributed by atoms with Crippen LogP contribution >= 0.6 is 0 Å². The molecule has 1 unspecified atom stereocenters. The first-order valence-electron chi connectivity index (χ1n) is 2.87. The van der Waals surface area contributed by atoms with Crippen LogP contribution in [-0.2, 0) is 4.79 Å². The van der Waals surface area contributed by atoms with E-state index in [9.17, 15) is 4.79 Å². The fourth-order valence-electron chi connectivity index (χ4n) is 0.434. The molecule has 0 aliphatic rings. The highest BCUT2D eigenvalue weighted by atomic mass is 16.1. The lowest BCUT2D eigenvalue weighted by Gasteiger charge is -2.02. The van der Waals surface area contributed by atoms with Crippen LogP contribution in [0.1, 0.15) is 13.3 Å². The van der Waals surface area contributed by atoms with Gasteiger partial charge in [0.1, 0.15) is 5.78 Å². The molecule has 3 nitrogen and oxygen atoms in total. The zero-order chi connectivity index (χ0) is 7.28. The molecule has 0 aliphatic carbocycles. The van der Waals surface area contributed by atoms with Gasteiger partial charge in [0.05, 0.1) is 6.04 Å². The molecular formula is C6H12N2O. The highest BCUT2D eigenvalue weighted by Crippen LogP contribution is 1.88. The minimum Gasteiger partial charge on any atom is -0.321 e. The molecule has 0 rings (SSSR count). The lowest BCUT2D eigenvalue weighted by atomic mass is 10.1. The number of carbonyl (C=O) groups excluding carboxylic acids is 1. The average Bonchev–Trinajstić information content (AvgIpc) is 1.82. The molecule has 52 valence electrons. The van der Waals surface area contributed by atoms with Crippen molar-refractivity contribution in [1.82, 2.24) is 0 Å². The van der Waals surface area contributed by atoms with E-state index in [0.29, 0.717) is 13.0 Å². The van der Waals surface area contributed by atoms with Crippen molar-refractivity contribution >= 4 is 12.5 Å². The molecule has 0 aromatic rings. The Morgan fingerprint density at radius 1 is 1.89 bits per heavy atom. The standard InChI is InChI=1S/C6H12N2O/c1-5(9)6(7)3-4-8-2/h6H,2-4,7H2,1H3. The molecule has 0 spiro atoms. The molecular weight excluding hydrogens is 116 g/mol. The summed E-state index contributed by atoms with van der Waals surface area (Å²) in [6, 6.07) is -0.351. The van der Waals surface area contributed by atoms with Gasteiger partial charge >= 0.3 is 0 Å². The molecule has 0 aromatic carbocycles. The van der Waals surface area contributed by atoms with E-state index in [1.807, 2.05) is 0 Å². The Bertz CT molecular complexity index is 112. The second kappa shape index (κ2) is 4.21. The molecule has 0 aliphatic heterocycles. The van der Waals surface area contributed by atoms with Crippen LogP contribution in [0.5, 0.6) is 0 Å². The first-order chi connectivity index (χ1) is 4.18. The number of hydrogen-bond donors (Lipinski definition) is 1. The van der Waals surface area contributed by atoms with Crippen LogP contribution in [0.15, 0.2) is 4.99 Å². The minimum absolute atomic E-state index is 0.0126. The lowest BCUT2D eigenvalue weighted by molar-refractivity contribution is -0.118. The summed E-state index contributed by atoms with van der Waals surface area (Å²) >= 11 is 0. The van der Waals surface area contributed by atoms with Crippen molar-refractivity contribution in [3.8, 4) is 0 Å². The molecule has 0 saturated carbocycles. The minimum atomic E-state index is -0.351. The van der Waals surface area contributed by atoms with Crippen molar-refractivity contribution in [2.45, 2.75) is 19.4 Å². The maximum atomic E-state index is 10.5. The Morgan fingerprint density at radius 2 is 2.44 bits per heavy atom. The maximum Gasteiger partial charge on any atom is 0.146 e. The zero-order valence-electron chi connectivity index (χ0n) is 5.63. The Balaban J connectivity index is 3.37. The third kappa shape index (κ3) is 3.85. The first kappa shape index (κ1) is 8.30. The van der Waals surface area contributed by atoms with Gasteiger partial charge in [-0.15, -0.1) is 0 Å². The van der Waals surface area contributed by atoms with Crippen molar-refractivity contribution in [2.75, 3.05) is 6.54 Å². The summed E-state index contributed by atoms with van der Waals surface area (Å²) in [6.07, 6.45) is 0.610. The van der Waals surface area contributed by atoms with E-state index in [4.69, 9.17) is 5.73 Å². The monoisotopic (exact) mass is 128 g/mol. The SMILES string of the molecule is C=NCCC(N)C(C)=O. The summed E-state index contributed by atoms with van der Waals surface area (Å²) in [6.45, 7) is 5.33.